The Morgan fingerprint density at radius 2 is 2.07 bits per heavy atom. The first kappa shape index (κ1) is 8.55. The SMILES string of the molecule is COc1ccc(Nc2nc[nH]n2)cc1. The van der Waals surface area contributed by atoms with Crippen molar-refractivity contribution in [3.05, 3.63) is 30.6 Å². The number of nitrogens with zero attached hydrogens (tertiary/aromatic N) is 2. The van der Waals surface area contributed by atoms with Crippen molar-refractivity contribution in [2.75, 3.05) is 12.4 Å². The molecule has 0 fully saturated rings. The summed E-state index contributed by atoms with van der Waals surface area (Å²) in [5.74, 6) is 1.38. The van der Waals surface area contributed by atoms with Gasteiger partial charge in [-0.15, -0.1) is 5.10 Å². The van der Waals surface area contributed by atoms with Crippen LogP contribution in [0.2, 0.25) is 0 Å². The number of aromatic amines is 1. The molecule has 14 heavy (non-hydrogen) atoms. The largest absolute Gasteiger partial charge is 0.497 e. The Balaban J connectivity index is 2.10. The molecule has 0 atom stereocenters. The number of hydrogen-bond donors (Lipinski definition) is 2. The van der Waals surface area contributed by atoms with Gasteiger partial charge in [0.15, 0.2) is 0 Å². The van der Waals surface area contributed by atoms with E-state index in [2.05, 4.69) is 20.5 Å². The summed E-state index contributed by atoms with van der Waals surface area (Å²) in [5.41, 5.74) is 0.922. The fourth-order valence-corrected chi connectivity index (χ4v) is 1.07. The first-order valence-electron chi connectivity index (χ1n) is 4.15. The molecule has 0 aliphatic carbocycles. The van der Waals surface area contributed by atoms with E-state index in [-0.39, 0.29) is 0 Å². The van der Waals surface area contributed by atoms with Gasteiger partial charge in [-0.1, -0.05) is 0 Å². The second kappa shape index (κ2) is 3.78. The first-order valence-corrected chi connectivity index (χ1v) is 4.15. The zero-order chi connectivity index (χ0) is 9.80. The molecular formula is C9H10N4O. The number of anilines is 2. The van der Waals surface area contributed by atoms with Gasteiger partial charge in [0.2, 0.25) is 5.95 Å². The van der Waals surface area contributed by atoms with Crippen LogP contribution in [0.5, 0.6) is 5.75 Å². The van der Waals surface area contributed by atoms with Crippen molar-refractivity contribution < 1.29 is 4.74 Å². The van der Waals surface area contributed by atoms with Gasteiger partial charge in [-0.05, 0) is 24.3 Å². The van der Waals surface area contributed by atoms with E-state index in [1.54, 1.807) is 7.11 Å². The molecule has 0 radical (unpaired) electrons. The lowest BCUT2D eigenvalue weighted by Crippen LogP contribution is -1.92. The molecule has 0 bridgehead atoms. The van der Waals surface area contributed by atoms with Crippen LogP contribution in [0.4, 0.5) is 11.6 Å². The molecule has 2 aromatic rings. The first-order chi connectivity index (χ1) is 6.88. The highest BCUT2D eigenvalue weighted by Gasteiger charge is 1.97. The third kappa shape index (κ3) is 1.82. The van der Waals surface area contributed by atoms with Crippen LogP contribution in [-0.4, -0.2) is 22.3 Å². The van der Waals surface area contributed by atoms with Gasteiger partial charge >= 0.3 is 0 Å². The van der Waals surface area contributed by atoms with Gasteiger partial charge in [0, 0.05) is 5.69 Å². The second-order valence-electron chi connectivity index (χ2n) is 2.68. The molecule has 1 heterocycles. The minimum Gasteiger partial charge on any atom is -0.497 e. The van der Waals surface area contributed by atoms with Crippen molar-refractivity contribution in [2.24, 2.45) is 0 Å². The van der Waals surface area contributed by atoms with Crippen molar-refractivity contribution >= 4 is 11.6 Å². The van der Waals surface area contributed by atoms with E-state index < -0.39 is 0 Å². The lowest BCUT2D eigenvalue weighted by Gasteiger charge is -2.02. The Morgan fingerprint density at radius 3 is 2.64 bits per heavy atom. The van der Waals surface area contributed by atoms with Crippen LogP contribution >= 0.6 is 0 Å². The van der Waals surface area contributed by atoms with E-state index in [1.165, 1.54) is 6.33 Å². The van der Waals surface area contributed by atoms with E-state index >= 15 is 0 Å². The Morgan fingerprint density at radius 1 is 1.29 bits per heavy atom. The Hall–Kier alpha value is -2.04. The van der Waals surface area contributed by atoms with Crippen molar-refractivity contribution in [2.45, 2.75) is 0 Å². The molecule has 0 saturated carbocycles. The number of nitrogens with one attached hydrogen (secondary N) is 2. The summed E-state index contributed by atoms with van der Waals surface area (Å²) >= 11 is 0. The van der Waals surface area contributed by atoms with E-state index in [1.807, 2.05) is 24.3 Å². The number of benzene rings is 1. The van der Waals surface area contributed by atoms with Crippen LogP contribution < -0.4 is 10.1 Å². The van der Waals surface area contributed by atoms with Crippen LogP contribution in [0.15, 0.2) is 30.6 Å². The molecule has 72 valence electrons. The normalized spacial score (nSPS) is 9.79. The molecule has 5 heteroatoms. The van der Waals surface area contributed by atoms with E-state index in [4.69, 9.17) is 4.74 Å². The molecule has 0 unspecified atom stereocenters. The standard InChI is InChI=1S/C9H10N4O/c1-14-8-4-2-7(3-5-8)12-9-10-6-11-13-9/h2-6H,1H3,(H2,10,11,12,13). The summed E-state index contributed by atoms with van der Waals surface area (Å²) in [6, 6.07) is 7.54. The zero-order valence-corrected chi connectivity index (χ0v) is 7.69. The predicted molar refractivity (Wildman–Crippen MR) is 52.7 cm³/mol. The predicted octanol–water partition coefficient (Wildman–Crippen LogP) is 1.56. The molecular weight excluding hydrogens is 180 g/mol. The van der Waals surface area contributed by atoms with E-state index in [0.717, 1.165) is 11.4 Å². The summed E-state index contributed by atoms with van der Waals surface area (Å²) in [7, 11) is 1.64. The summed E-state index contributed by atoms with van der Waals surface area (Å²) < 4.78 is 5.04. The van der Waals surface area contributed by atoms with Gasteiger partial charge in [-0.3, -0.25) is 5.10 Å². The Kier molecular flexibility index (Phi) is 2.31. The van der Waals surface area contributed by atoms with Crippen LogP contribution in [-0.2, 0) is 0 Å². The van der Waals surface area contributed by atoms with Crippen molar-refractivity contribution in [1.82, 2.24) is 15.2 Å². The number of ether oxygens (including phenoxy) is 1. The smallest absolute Gasteiger partial charge is 0.246 e. The highest BCUT2D eigenvalue weighted by Crippen LogP contribution is 2.16. The van der Waals surface area contributed by atoms with Crippen molar-refractivity contribution in [1.29, 1.82) is 0 Å². The molecule has 0 saturated heterocycles. The Bertz CT molecular complexity index is 382. The third-order valence-electron chi connectivity index (χ3n) is 1.76. The lowest BCUT2D eigenvalue weighted by atomic mass is 10.3. The molecule has 5 nitrogen and oxygen atoms in total. The van der Waals surface area contributed by atoms with Gasteiger partial charge in [0.1, 0.15) is 12.1 Å². The van der Waals surface area contributed by atoms with Gasteiger partial charge in [0.05, 0.1) is 7.11 Å². The number of methoxy groups -OCH3 is 1. The summed E-state index contributed by atoms with van der Waals surface area (Å²) in [6.45, 7) is 0. The van der Waals surface area contributed by atoms with E-state index in [9.17, 15) is 0 Å². The Labute approximate surface area is 81.1 Å². The summed E-state index contributed by atoms with van der Waals surface area (Å²) in [5, 5.41) is 9.53. The van der Waals surface area contributed by atoms with Gasteiger partial charge < -0.3 is 10.1 Å². The summed E-state index contributed by atoms with van der Waals surface area (Å²) in [6.07, 6.45) is 1.52. The van der Waals surface area contributed by atoms with E-state index in [0.29, 0.717) is 5.95 Å². The average molecular weight is 190 g/mol. The molecule has 0 spiro atoms. The monoisotopic (exact) mass is 190 g/mol. The number of rotatable bonds is 3. The third-order valence-corrected chi connectivity index (χ3v) is 1.76. The highest BCUT2D eigenvalue weighted by molar-refractivity contribution is 5.53. The van der Waals surface area contributed by atoms with Crippen LogP contribution in [0.1, 0.15) is 0 Å². The molecule has 1 aromatic heterocycles. The fourth-order valence-electron chi connectivity index (χ4n) is 1.07. The zero-order valence-electron chi connectivity index (χ0n) is 7.69. The highest BCUT2D eigenvalue weighted by atomic mass is 16.5. The van der Waals surface area contributed by atoms with Crippen LogP contribution in [0.25, 0.3) is 0 Å². The molecule has 0 aliphatic rings. The van der Waals surface area contributed by atoms with Crippen molar-refractivity contribution in [3.63, 3.8) is 0 Å². The van der Waals surface area contributed by atoms with Gasteiger partial charge in [-0.2, -0.15) is 0 Å². The number of aromatic nitrogens is 3. The van der Waals surface area contributed by atoms with Gasteiger partial charge in [-0.25, -0.2) is 4.98 Å². The molecule has 0 amide bonds. The topological polar surface area (TPSA) is 62.8 Å². The molecule has 2 N–H and O–H groups in total. The molecule has 2 rings (SSSR count). The number of hydrogen-bond acceptors (Lipinski definition) is 4. The fraction of sp³-hybridized carbons (Fsp3) is 0.111. The minimum absolute atomic E-state index is 0.551. The number of H-pyrrole nitrogens is 1. The maximum atomic E-state index is 5.04. The molecule has 0 aliphatic heterocycles. The maximum Gasteiger partial charge on any atom is 0.246 e. The van der Waals surface area contributed by atoms with Crippen molar-refractivity contribution in [3.8, 4) is 5.75 Å². The van der Waals surface area contributed by atoms with Crippen LogP contribution in [0, 0.1) is 0 Å². The van der Waals surface area contributed by atoms with Gasteiger partial charge in [0.25, 0.3) is 0 Å². The maximum absolute atomic E-state index is 5.04. The quantitative estimate of drug-likeness (QED) is 0.770. The second-order valence-corrected chi connectivity index (χ2v) is 2.68. The average Bonchev–Trinajstić information content (AvgIpc) is 2.72. The minimum atomic E-state index is 0.551. The lowest BCUT2D eigenvalue weighted by molar-refractivity contribution is 0.415. The molecule has 1 aromatic carbocycles. The summed E-state index contributed by atoms with van der Waals surface area (Å²) in [4.78, 5) is 3.95. The van der Waals surface area contributed by atoms with Crippen LogP contribution in [0.3, 0.4) is 0 Å².